The lowest BCUT2D eigenvalue weighted by molar-refractivity contribution is -0.139. The van der Waals surface area contributed by atoms with Crippen LogP contribution in [0.25, 0.3) is 6.08 Å². The molecule has 1 aromatic carbocycles. The monoisotopic (exact) mass is 424 g/mol. The Balaban J connectivity index is 1.90. The van der Waals surface area contributed by atoms with Crippen LogP contribution >= 0.6 is 11.3 Å². The van der Waals surface area contributed by atoms with Gasteiger partial charge >= 0.3 is 5.97 Å². The van der Waals surface area contributed by atoms with Gasteiger partial charge in [0.05, 0.1) is 35.8 Å². The SMILES string of the molecule is CCOC(=O)C1=C(C)N=c2s/c(=C/c3ccc(OC)cc3)c(=O)n2[C@H]1c1ccco1. The Morgan fingerprint density at radius 2 is 2.07 bits per heavy atom. The van der Waals surface area contributed by atoms with Gasteiger partial charge in [0, 0.05) is 0 Å². The van der Waals surface area contributed by atoms with Crippen molar-refractivity contribution in [2.45, 2.75) is 19.9 Å². The molecule has 2 aromatic heterocycles. The Bertz CT molecular complexity index is 1280. The van der Waals surface area contributed by atoms with E-state index in [0.717, 1.165) is 11.3 Å². The zero-order valence-electron chi connectivity index (χ0n) is 16.7. The van der Waals surface area contributed by atoms with Gasteiger partial charge in [-0.05, 0) is 49.8 Å². The van der Waals surface area contributed by atoms with Gasteiger partial charge in [-0.2, -0.15) is 0 Å². The van der Waals surface area contributed by atoms with E-state index in [1.807, 2.05) is 24.3 Å². The average molecular weight is 424 g/mol. The molecule has 3 heterocycles. The van der Waals surface area contributed by atoms with Crippen LogP contribution in [0, 0.1) is 0 Å². The van der Waals surface area contributed by atoms with Gasteiger partial charge in [-0.1, -0.05) is 23.5 Å². The van der Waals surface area contributed by atoms with Crippen LogP contribution < -0.4 is 19.6 Å². The number of esters is 1. The average Bonchev–Trinajstić information content (AvgIpc) is 3.37. The number of fused-ring (bicyclic) bond motifs is 1. The van der Waals surface area contributed by atoms with Crippen LogP contribution in [0.5, 0.6) is 5.75 Å². The van der Waals surface area contributed by atoms with E-state index >= 15 is 0 Å². The summed E-state index contributed by atoms with van der Waals surface area (Å²) < 4.78 is 18.0. The zero-order valence-corrected chi connectivity index (χ0v) is 17.6. The molecule has 0 bridgehead atoms. The third-order valence-electron chi connectivity index (χ3n) is 4.74. The van der Waals surface area contributed by atoms with Crippen LogP contribution in [-0.4, -0.2) is 24.3 Å². The first-order valence-corrected chi connectivity index (χ1v) is 10.2. The number of methoxy groups -OCH3 is 1. The standard InChI is InChI=1S/C22H20N2O5S/c1-4-28-21(26)18-13(2)23-22-24(19(18)16-6-5-11-29-16)20(25)17(30-22)12-14-7-9-15(27-3)10-8-14/h5-12,19H,4H2,1-3H3/b17-12+/t19-/m0/s1. The molecular formula is C22H20N2O5S. The second-order valence-corrected chi connectivity index (χ2v) is 7.60. The first kappa shape index (κ1) is 19.9. The molecular weight excluding hydrogens is 404 g/mol. The number of allylic oxidation sites excluding steroid dienone is 1. The van der Waals surface area contributed by atoms with Crippen molar-refractivity contribution < 1.29 is 18.7 Å². The molecule has 0 aliphatic carbocycles. The first-order valence-electron chi connectivity index (χ1n) is 9.40. The van der Waals surface area contributed by atoms with Gasteiger partial charge in [0.25, 0.3) is 5.56 Å². The molecule has 7 nitrogen and oxygen atoms in total. The van der Waals surface area contributed by atoms with E-state index in [1.165, 1.54) is 22.2 Å². The summed E-state index contributed by atoms with van der Waals surface area (Å²) in [6.45, 7) is 3.70. The minimum Gasteiger partial charge on any atom is -0.497 e. The molecule has 4 rings (SSSR count). The summed E-state index contributed by atoms with van der Waals surface area (Å²) >= 11 is 1.27. The van der Waals surface area contributed by atoms with Gasteiger partial charge in [0.1, 0.15) is 17.6 Å². The smallest absolute Gasteiger partial charge is 0.338 e. The second kappa shape index (κ2) is 8.16. The maximum absolute atomic E-state index is 13.3. The predicted octanol–water partition coefficient (Wildman–Crippen LogP) is 2.40. The third kappa shape index (κ3) is 3.50. The Hall–Kier alpha value is -3.39. The number of hydrogen-bond acceptors (Lipinski definition) is 7. The molecule has 0 amide bonds. The second-order valence-electron chi connectivity index (χ2n) is 6.59. The van der Waals surface area contributed by atoms with E-state index in [4.69, 9.17) is 13.9 Å². The van der Waals surface area contributed by atoms with Crippen LogP contribution in [0.15, 0.2) is 68.1 Å². The van der Waals surface area contributed by atoms with Gasteiger partial charge in [0.2, 0.25) is 0 Å². The van der Waals surface area contributed by atoms with Crippen molar-refractivity contribution in [1.29, 1.82) is 0 Å². The molecule has 0 unspecified atom stereocenters. The van der Waals surface area contributed by atoms with Crippen LogP contribution in [0.2, 0.25) is 0 Å². The number of ether oxygens (including phenoxy) is 2. The van der Waals surface area contributed by atoms with Gasteiger partial charge in [-0.25, -0.2) is 9.79 Å². The topological polar surface area (TPSA) is 83.0 Å². The molecule has 0 radical (unpaired) electrons. The molecule has 3 aromatic rings. The van der Waals surface area contributed by atoms with Crippen molar-refractivity contribution >= 4 is 23.4 Å². The fraction of sp³-hybridized carbons (Fsp3) is 0.227. The number of thiazole rings is 1. The lowest BCUT2D eigenvalue weighted by Crippen LogP contribution is -2.39. The molecule has 0 saturated heterocycles. The molecule has 0 N–H and O–H groups in total. The number of nitrogens with zero attached hydrogens (tertiary/aromatic N) is 2. The summed E-state index contributed by atoms with van der Waals surface area (Å²) in [5, 5.41) is 0. The summed E-state index contributed by atoms with van der Waals surface area (Å²) in [5.74, 6) is 0.704. The number of carbonyl (C=O) groups is 1. The summed E-state index contributed by atoms with van der Waals surface area (Å²) in [6, 6.07) is 10.1. The lowest BCUT2D eigenvalue weighted by atomic mass is 10.0. The largest absolute Gasteiger partial charge is 0.497 e. The molecule has 1 aliphatic rings. The first-order chi connectivity index (χ1) is 14.5. The van der Waals surface area contributed by atoms with Gasteiger partial charge < -0.3 is 13.9 Å². The molecule has 1 aliphatic heterocycles. The highest BCUT2D eigenvalue weighted by molar-refractivity contribution is 7.07. The van der Waals surface area contributed by atoms with Gasteiger partial charge in [-0.15, -0.1) is 0 Å². The summed E-state index contributed by atoms with van der Waals surface area (Å²) in [7, 11) is 1.60. The highest BCUT2D eigenvalue weighted by atomic mass is 32.1. The Labute approximate surface area is 176 Å². The fourth-order valence-corrected chi connectivity index (χ4v) is 4.41. The lowest BCUT2D eigenvalue weighted by Gasteiger charge is -2.22. The van der Waals surface area contributed by atoms with E-state index in [0.29, 0.717) is 26.4 Å². The number of benzene rings is 1. The Kier molecular flexibility index (Phi) is 5.41. The van der Waals surface area contributed by atoms with Crippen LogP contribution in [0.3, 0.4) is 0 Å². The molecule has 1 atom stereocenters. The zero-order chi connectivity index (χ0) is 21.3. The van der Waals surface area contributed by atoms with E-state index in [-0.39, 0.29) is 12.2 Å². The van der Waals surface area contributed by atoms with Crippen LogP contribution in [0.4, 0.5) is 0 Å². The summed E-state index contributed by atoms with van der Waals surface area (Å²) in [4.78, 5) is 31.0. The normalized spacial score (nSPS) is 16.2. The maximum Gasteiger partial charge on any atom is 0.338 e. The molecule has 0 fully saturated rings. The number of rotatable bonds is 5. The molecule has 154 valence electrons. The van der Waals surface area contributed by atoms with Gasteiger partial charge in [-0.3, -0.25) is 9.36 Å². The van der Waals surface area contributed by atoms with E-state index in [9.17, 15) is 9.59 Å². The summed E-state index contributed by atoms with van der Waals surface area (Å²) in [6.07, 6.45) is 3.31. The highest BCUT2D eigenvalue weighted by Gasteiger charge is 2.34. The minimum absolute atomic E-state index is 0.225. The summed E-state index contributed by atoms with van der Waals surface area (Å²) in [5.41, 5.74) is 1.42. The molecule has 30 heavy (non-hydrogen) atoms. The fourth-order valence-electron chi connectivity index (χ4n) is 3.36. The van der Waals surface area contributed by atoms with Crippen molar-refractivity contribution in [3.05, 3.63) is 84.9 Å². The molecule has 0 saturated carbocycles. The number of furan rings is 1. The third-order valence-corrected chi connectivity index (χ3v) is 5.73. The maximum atomic E-state index is 13.3. The van der Waals surface area contributed by atoms with Crippen molar-refractivity contribution in [2.24, 2.45) is 4.99 Å². The van der Waals surface area contributed by atoms with Crippen LogP contribution in [-0.2, 0) is 9.53 Å². The quantitative estimate of drug-likeness (QED) is 0.588. The number of carbonyl (C=O) groups excluding carboxylic acids is 1. The van der Waals surface area contributed by atoms with Crippen molar-refractivity contribution in [3.63, 3.8) is 0 Å². The van der Waals surface area contributed by atoms with E-state index in [2.05, 4.69) is 4.99 Å². The Morgan fingerprint density at radius 1 is 1.30 bits per heavy atom. The highest BCUT2D eigenvalue weighted by Crippen LogP contribution is 2.30. The Morgan fingerprint density at radius 3 is 2.70 bits per heavy atom. The predicted molar refractivity (Wildman–Crippen MR) is 112 cm³/mol. The van der Waals surface area contributed by atoms with Gasteiger partial charge in [0.15, 0.2) is 4.80 Å². The van der Waals surface area contributed by atoms with E-state index in [1.54, 1.807) is 39.2 Å². The van der Waals surface area contributed by atoms with E-state index < -0.39 is 12.0 Å². The molecule has 8 heteroatoms. The van der Waals surface area contributed by atoms with Crippen molar-refractivity contribution in [2.75, 3.05) is 13.7 Å². The van der Waals surface area contributed by atoms with Crippen molar-refractivity contribution in [3.8, 4) is 5.75 Å². The minimum atomic E-state index is -0.728. The van der Waals surface area contributed by atoms with Crippen LogP contribution in [0.1, 0.15) is 31.2 Å². The number of aromatic nitrogens is 1. The van der Waals surface area contributed by atoms with Crippen molar-refractivity contribution in [1.82, 2.24) is 4.57 Å². The number of hydrogen-bond donors (Lipinski definition) is 0. The molecule has 0 spiro atoms.